The number of para-hydroxylation sites is 1. The Hall–Kier alpha value is -1.91. The van der Waals surface area contributed by atoms with Crippen molar-refractivity contribution >= 4 is 28.5 Å². The highest BCUT2D eigenvalue weighted by molar-refractivity contribution is 6.30. The van der Waals surface area contributed by atoms with E-state index < -0.39 is 0 Å². The van der Waals surface area contributed by atoms with Crippen LogP contribution in [0.2, 0.25) is 5.15 Å². The van der Waals surface area contributed by atoms with E-state index in [-0.39, 0.29) is 12.6 Å². The molecule has 0 saturated heterocycles. The van der Waals surface area contributed by atoms with Crippen LogP contribution in [0.1, 0.15) is 12.0 Å². The number of hydrogen-bond acceptors (Lipinski definition) is 4. The quantitative estimate of drug-likeness (QED) is 0.645. The van der Waals surface area contributed by atoms with Crippen LogP contribution < -0.4 is 0 Å². The molecule has 0 saturated carbocycles. The largest absolute Gasteiger partial charge is 0.457 e. The van der Waals surface area contributed by atoms with Crippen molar-refractivity contribution in [3.63, 3.8) is 0 Å². The molecule has 0 aliphatic carbocycles. The van der Waals surface area contributed by atoms with E-state index in [1.807, 2.05) is 30.3 Å². The van der Waals surface area contributed by atoms with Crippen LogP contribution in [-0.4, -0.2) is 24.2 Å². The van der Waals surface area contributed by atoms with Crippen molar-refractivity contribution in [3.05, 3.63) is 52.7 Å². The summed E-state index contributed by atoms with van der Waals surface area (Å²) in [5.41, 5.74) is 2.19. The number of pyridine rings is 1. The molecule has 0 fully saturated rings. The van der Waals surface area contributed by atoms with E-state index in [1.165, 1.54) is 0 Å². The lowest BCUT2D eigenvalue weighted by atomic mass is 10.1. The molecule has 2 aromatic rings. The maximum absolute atomic E-state index is 11.9. The molecule has 0 N–H and O–H groups in total. The van der Waals surface area contributed by atoms with E-state index in [1.54, 1.807) is 6.08 Å². The van der Waals surface area contributed by atoms with Crippen LogP contribution in [0.5, 0.6) is 0 Å². The Kier molecular flexibility index (Phi) is 4.18. The summed E-state index contributed by atoms with van der Waals surface area (Å²) < 4.78 is 10.5. The van der Waals surface area contributed by atoms with Crippen LogP contribution in [0, 0.1) is 0 Å². The molecule has 4 nitrogen and oxygen atoms in total. The third kappa shape index (κ3) is 3.23. The van der Waals surface area contributed by atoms with Crippen molar-refractivity contribution < 1.29 is 14.3 Å². The fourth-order valence-electron chi connectivity index (χ4n) is 2.19. The molecule has 0 atom stereocenters. The molecule has 2 heterocycles. The first-order chi connectivity index (χ1) is 10.2. The van der Waals surface area contributed by atoms with Gasteiger partial charge in [-0.15, -0.1) is 0 Å². The number of aromatic nitrogens is 1. The summed E-state index contributed by atoms with van der Waals surface area (Å²) in [6.07, 6.45) is 2.34. The highest BCUT2D eigenvalue weighted by Gasteiger charge is 2.15. The van der Waals surface area contributed by atoms with Gasteiger partial charge < -0.3 is 9.47 Å². The Balaban J connectivity index is 1.74. The number of halogens is 1. The molecule has 1 aliphatic heterocycles. The molecule has 0 spiro atoms. The summed E-state index contributed by atoms with van der Waals surface area (Å²) in [5, 5.41) is 1.33. The van der Waals surface area contributed by atoms with Crippen LogP contribution in [0.4, 0.5) is 0 Å². The molecule has 5 heteroatoms. The van der Waals surface area contributed by atoms with E-state index in [4.69, 9.17) is 21.1 Å². The maximum Gasteiger partial charge on any atom is 0.334 e. The second-order valence-corrected chi connectivity index (χ2v) is 5.12. The summed E-state index contributed by atoms with van der Waals surface area (Å²) in [4.78, 5) is 16.2. The van der Waals surface area contributed by atoms with Crippen molar-refractivity contribution in [2.45, 2.75) is 13.0 Å². The monoisotopic (exact) mass is 303 g/mol. The Morgan fingerprint density at radius 2 is 2.24 bits per heavy atom. The highest BCUT2D eigenvalue weighted by atomic mass is 35.5. The molecule has 0 radical (unpaired) electrons. The van der Waals surface area contributed by atoms with E-state index in [9.17, 15) is 4.79 Å². The Bertz CT molecular complexity index is 712. The van der Waals surface area contributed by atoms with Gasteiger partial charge in [-0.3, -0.25) is 0 Å². The van der Waals surface area contributed by atoms with Crippen molar-refractivity contribution in [3.8, 4) is 0 Å². The topological polar surface area (TPSA) is 48.4 Å². The van der Waals surface area contributed by atoms with Gasteiger partial charge in [-0.2, -0.15) is 0 Å². The lowest BCUT2D eigenvalue weighted by molar-refractivity contribution is -0.140. The van der Waals surface area contributed by atoms with Gasteiger partial charge >= 0.3 is 5.97 Å². The second-order valence-electron chi connectivity index (χ2n) is 4.76. The zero-order valence-electron chi connectivity index (χ0n) is 11.3. The standard InChI is InChI=1S/C16H14ClNO3/c17-15-13(9-12-3-1-2-4-14(12)18-15)10-21-16(19)11-5-7-20-8-6-11/h1-5,9H,6-8,10H2. The third-order valence-electron chi connectivity index (χ3n) is 3.33. The van der Waals surface area contributed by atoms with E-state index >= 15 is 0 Å². The lowest BCUT2D eigenvalue weighted by Crippen LogP contribution is -2.14. The molecular formula is C16H14ClNO3. The summed E-state index contributed by atoms with van der Waals surface area (Å²) in [6.45, 7) is 1.13. The fraction of sp³-hybridized carbons (Fsp3) is 0.250. The molecule has 1 aliphatic rings. The number of hydrogen-bond donors (Lipinski definition) is 0. The van der Waals surface area contributed by atoms with E-state index in [0.29, 0.717) is 35.9 Å². The molecule has 1 aromatic heterocycles. The molecule has 0 amide bonds. The van der Waals surface area contributed by atoms with Gasteiger partial charge in [-0.25, -0.2) is 9.78 Å². The number of nitrogens with zero attached hydrogens (tertiary/aromatic N) is 1. The van der Waals surface area contributed by atoms with Crippen LogP contribution in [0.3, 0.4) is 0 Å². The van der Waals surface area contributed by atoms with Gasteiger partial charge in [0.15, 0.2) is 0 Å². The first-order valence-corrected chi connectivity index (χ1v) is 7.10. The molecule has 108 valence electrons. The fourth-order valence-corrected chi connectivity index (χ4v) is 2.39. The Morgan fingerprint density at radius 1 is 1.38 bits per heavy atom. The maximum atomic E-state index is 11.9. The van der Waals surface area contributed by atoms with Gasteiger partial charge in [0.05, 0.1) is 18.7 Å². The molecule has 1 aromatic carbocycles. The van der Waals surface area contributed by atoms with Crippen molar-refractivity contribution in [2.24, 2.45) is 0 Å². The second kappa shape index (κ2) is 6.24. The summed E-state index contributed by atoms with van der Waals surface area (Å²) in [7, 11) is 0. The van der Waals surface area contributed by atoms with Gasteiger partial charge in [0.25, 0.3) is 0 Å². The summed E-state index contributed by atoms with van der Waals surface area (Å²) in [6, 6.07) is 9.58. The van der Waals surface area contributed by atoms with Gasteiger partial charge in [0, 0.05) is 22.9 Å². The average Bonchev–Trinajstić information content (AvgIpc) is 2.53. The van der Waals surface area contributed by atoms with Gasteiger partial charge in [0.1, 0.15) is 11.8 Å². The Labute approximate surface area is 127 Å². The predicted octanol–water partition coefficient (Wildman–Crippen LogP) is 3.28. The van der Waals surface area contributed by atoms with Crippen molar-refractivity contribution in [2.75, 3.05) is 13.2 Å². The average molecular weight is 304 g/mol. The number of esters is 1. The first-order valence-electron chi connectivity index (χ1n) is 6.72. The van der Waals surface area contributed by atoms with Crippen molar-refractivity contribution in [1.82, 2.24) is 4.98 Å². The van der Waals surface area contributed by atoms with Crippen molar-refractivity contribution in [1.29, 1.82) is 0 Å². The predicted molar refractivity (Wildman–Crippen MR) is 80.1 cm³/mol. The minimum absolute atomic E-state index is 0.119. The summed E-state index contributed by atoms with van der Waals surface area (Å²) in [5.74, 6) is -0.317. The highest BCUT2D eigenvalue weighted by Crippen LogP contribution is 2.21. The number of ether oxygens (including phenoxy) is 2. The zero-order valence-corrected chi connectivity index (χ0v) is 12.1. The SMILES string of the molecule is O=C(OCc1cc2ccccc2nc1Cl)C1=CCOCC1. The summed E-state index contributed by atoms with van der Waals surface area (Å²) >= 11 is 6.14. The van der Waals surface area contributed by atoms with E-state index in [2.05, 4.69) is 4.98 Å². The van der Waals surface area contributed by atoms with E-state index in [0.717, 1.165) is 10.9 Å². The molecule has 21 heavy (non-hydrogen) atoms. The lowest BCUT2D eigenvalue weighted by Gasteiger charge is -2.13. The number of benzene rings is 1. The van der Waals surface area contributed by atoms with Crippen LogP contribution >= 0.6 is 11.6 Å². The minimum Gasteiger partial charge on any atom is -0.457 e. The smallest absolute Gasteiger partial charge is 0.334 e. The molecule has 0 unspecified atom stereocenters. The zero-order chi connectivity index (χ0) is 14.7. The molecule has 0 bridgehead atoms. The number of rotatable bonds is 3. The molecular weight excluding hydrogens is 290 g/mol. The number of carbonyl (C=O) groups is 1. The first kappa shape index (κ1) is 14.0. The van der Waals surface area contributed by atoms with Gasteiger partial charge in [0.2, 0.25) is 0 Å². The van der Waals surface area contributed by atoms with Gasteiger partial charge in [-0.05, 0) is 18.2 Å². The Morgan fingerprint density at radius 3 is 3.05 bits per heavy atom. The number of carbonyl (C=O) groups excluding carboxylic acids is 1. The normalized spacial score (nSPS) is 14.8. The van der Waals surface area contributed by atoms with Crippen LogP contribution in [0.25, 0.3) is 10.9 Å². The minimum atomic E-state index is -0.317. The van der Waals surface area contributed by atoms with Crippen LogP contribution in [-0.2, 0) is 20.9 Å². The third-order valence-corrected chi connectivity index (χ3v) is 3.66. The van der Waals surface area contributed by atoms with Crippen LogP contribution in [0.15, 0.2) is 42.0 Å². The number of fused-ring (bicyclic) bond motifs is 1. The molecule has 3 rings (SSSR count). The van der Waals surface area contributed by atoms with Gasteiger partial charge in [-0.1, -0.05) is 29.8 Å².